The van der Waals surface area contributed by atoms with E-state index in [1.807, 2.05) is 0 Å². The Kier molecular flexibility index (Phi) is 89.7. The van der Waals surface area contributed by atoms with Crippen LogP contribution in [0.1, 0.15) is 0 Å². The van der Waals surface area contributed by atoms with Gasteiger partial charge in [0, 0.05) is 0 Å². The van der Waals surface area contributed by atoms with E-state index >= 15 is 0 Å². The third-order valence-corrected chi connectivity index (χ3v) is 0. The van der Waals surface area contributed by atoms with Crippen LogP contribution in [0.15, 0.2) is 0 Å². The molecule has 0 aliphatic rings. The van der Waals surface area contributed by atoms with Crippen LogP contribution in [0.25, 0.3) is 0 Å². The van der Waals surface area contributed by atoms with Crippen molar-refractivity contribution in [2.45, 2.75) is 0 Å². The summed E-state index contributed by atoms with van der Waals surface area (Å²) in [6, 6.07) is 0. The molecule has 0 atom stereocenters. The second-order valence-corrected chi connectivity index (χ2v) is 0. The van der Waals surface area contributed by atoms with Gasteiger partial charge in [-0.05, 0) is 0 Å². The Balaban J connectivity index is 0. The molecule has 0 amide bonds. The molecule has 0 aliphatic heterocycles. The molecular formula is K3P. The minimum atomic E-state index is 0. The fraction of sp³-hybridized carbons (Fsp3) is 0. The molecule has 0 spiro atoms. The van der Waals surface area contributed by atoms with E-state index in [4.69, 9.17) is 0 Å². The van der Waals surface area contributed by atoms with Crippen molar-refractivity contribution >= 4 is 9.90 Å². The molecule has 0 saturated carbocycles. The number of hydrogen-bond donors (Lipinski definition) is 0. The molecule has 0 aliphatic carbocycles. The van der Waals surface area contributed by atoms with Crippen molar-refractivity contribution in [3.63, 3.8) is 0 Å². The van der Waals surface area contributed by atoms with Crippen LogP contribution in [-0.4, -0.2) is 0 Å². The predicted molar refractivity (Wildman–Crippen MR) is 6.92 cm³/mol. The summed E-state index contributed by atoms with van der Waals surface area (Å²) in [5.41, 5.74) is 0. The summed E-state index contributed by atoms with van der Waals surface area (Å²) in [6.07, 6.45) is 0. The normalized spacial score (nSPS) is 0. The van der Waals surface area contributed by atoms with Gasteiger partial charge in [0.25, 0.3) is 0 Å². The van der Waals surface area contributed by atoms with Crippen molar-refractivity contribution in [1.82, 2.24) is 0 Å². The molecule has 0 nitrogen and oxygen atoms in total. The summed E-state index contributed by atoms with van der Waals surface area (Å²) in [6.45, 7) is 0. The van der Waals surface area contributed by atoms with Gasteiger partial charge in [-0.3, -0.25) is 0 Å². The summed E-state index contributed by atoms with van der Waals surface area (Å²) < 4.78 is 0. The van der Waals surface area contributed by atoms with Crippen molar-refractivity contribution in [2.24, 2.45) is 0 Å². The zero-order valence-corrected chi connectivity index (χ0v) is 13.7. The van der Waals surface area contributed by atoms with Gasteiger partial charge in [0.05, 0.1) is 0 Å². The van der Waals surface area contributed by atoms with Crippen LogP contribution in [0.2, 0.25) is 0 Å². The second-order valence-electron chi connectivity index (χ2n) is 0. The topological polar surface area (TPSA) is 0 Å². The molecule has 0 unspecified atom stereocenters. The number of hydrogen-bond acceptors (Lipinski definition) is 0. The molecule has 0 bridgehead atoms. The van der Waals surface area contributed by atoms with Gasteiger partial charge in [-0.2, -0.15) is 0 Å². The van der Waals surface area contributed by atoms with Crippen molar-refractivity contribution in [3.8, 4) is 0 Å². The fourth-order valence-corrected chi connectivity index (χ4v) is 0. The van der Waals surface area contributed by atoms with Crippen LogP contribution in [0.5, 0.6) is 0 Å². The minimum Gasteiger partial charge on any atom is -3.00 e. The molecule has 0 rings (SSSR count). The van der Waals surface area contributed by atoms with E-state index in [2.05, 4.69) is 0 Å². The zero-order chi connectivity index (χ0) is 0. The van der Waals surface area contributed by atoms with Gasteiger partial charge in [-0.15, -0.1) is 0 Å². The first-order valence-electron chi connectivity index (χ1n) is 0. The average Bonchev–Trinajstić information content (AvgIpc) is 0. The Labute approximate surface area is 158 Å². The molecule has 0 aromatic carbocycles. The van der Waals surface area contributed by atoms with Crippen LogP contribution in [0, 0.1) is 0 Å². The molecule has 0 N–H and O–H groups in total. The van der Waals surface area contributed by atoms with E-state index in [9.17, 15) is 0 Å². The third kappa shape index (κ3) is 10.3. The molecule has 0 fully saturated rings. The summed E-state index contributed by atoms with van der Waals surface area (Å²) in [4.78, 5) is 0. The first-order chi connectivity index (χ1) is 0. The maximum absolute atomic E-state index is 0. The molecule has 8 valence electrons. The Morgan fingerprint density at radius 3 is 0.500 bits per heavy atom. The molecule has 0 saturated heterocycles. The van der Waals surface area contributed by atoms with Crippen molar-refractivity contribution in [3.05, 3.63) is 0 Å². The molecule has 0 aromatic heterocycles. The Bertz CT molecular complexity index is 3.25. The maximum atomic E-state index is 0. The molecule has 0 aromatic rings. The van der Waals surface area contributed by atoms with Crippen LogP contribution in [-0.2, 0) is 0 Å². The predicted octanol–water partition coefficient (Wildman–Crippen LogP) is -8.13. The van der Waals surface area contributed by atoms with Gasteiger partial charge >= 0.3 is 154 Å². The third-order valence-electron chi connectivity index (χ3n) is 0. The van der Waals surface area contributed by atoms with Gasteiger partial charge in [0.15, 0.2) is 0 Å². The van der Waals surface area contributed by atoms with Crippen LogP contribution in [0.3, 0.4) is 0 Å². The molecule has 4 heavy (non-hydrogen) atoms. The maximum Gasteiger partial charge on any atom is 1.00 e. The summed E-state index contributed by atoms with van der Waals surface area (Å²) in [5.74, 6) is 0. The van der Waals surface area contributed by atoms with E-state index in [0.29, 0.717) is 0 Å². The van der Waals surface area contributed by atoms with Crippen LogP contribution in [0.4, 0.5) is 0 Å². The zero-order valence-electron chi connectivity index (χ0n) is 3.45. The van der Waals surface area contributed by atoms with Crippen LogP contribution < -0.4 is 154 Å². The second kappa shape index (κ2) is 15.8. The fourth-order valence-electron chi connectivity index (χ4n) is 0. The van der Waals surface area contributed by atoms with Gasteiger partial charge < -0.3 is 9.90 Å². The van der Waals surface area contributed by atoms with Gasteiger partial charge in [0.2, 0.25) is 0 Å². The van der Waals surface area contributed by atoms with Gasteiger partial charge in [-0.25, -0.2) is 0 Å². The summed E-state index contributed by atoms with van der Waals surface area (Å²) in [5, 5.41) is 0. The Morgan fingerprint density at radius 1 is 0.500 bits per heavy atom. The van der Waals surface area contributed by atoms with Crippen molar-refractivity contribution in [2.75, 3.05) is 0 Å². The van der Waals surface area contributed by atoms with Crippen molar-refractivity contribution < 1.29 is 154 Å². The monoisotopic (exact) mass is 148 g/mol. The summed E-state index contributed by atoms with van der Waals surface area (Å²) >= 11 is 0. The van der Waals surface area contributed by atoms with E-state index < -0.39 is 0 Å². The van der Waals surface area contributed by atoms with Gasteiger partial charge in [0.1, 0.15) is 0 Å². The number of rotatable bonds is 0. The molecular weight excluding hydrogens is 148 g/mol. The van der Waals surface area contributed by atoms with E-state index in [1.54, 1.807) is 0 Å². The van der Waals surface area contributed by atoms with Gasteiger partial charge in [-0.1, -0.05) is 0 Å². The van der Waals surface area contributed by atoms with E-state index in [-0.39, 0.29) is 164 Å². The standard InChI is InChI=1S/3K.P/q3*+1;-3. The quantitative estimate of drug-likeness (QED) is 0.236. The average molecular weight is 148 g/mol. The first-order valence-corrected chi connectivity index (χ1v) is 0. The Morgan fingerprint density at radius 2 is 0.500 bits per heavy atom. The molecule has 0 heterocycles. The largest absolute Gasteiger partial charge is 3.00 e. The SMILES string of the molecule is [K+].[K+].[K+].[P-3]. The first kappa shape index (κ1) is 22.8. The molecule has 4 heteroatoms. The smallest absolute Gasteiger partial charge is 1.00 e. The molecule has 0 radical (unpaired) electrons. The van der Waals surface area contributed by atoms with E-state index in [0.717, 1.165) is 0 Å². The van der Waals surface area contributed by atoms with Crippen LogP contribution >= 0.6 is 9.90 Å². The minimum absolute atomic E-state index is 0. The summed E-state index contributed by atoms with van der Waals surface area (Å²) in [7, 11) is 0. The van der Waals surface area contributed by atoms with Crippen molar-refractivity contribution in [1.29, 1.82) is 0 Å². The van der Waals surface area contributed by atoms with E-state index in [1.165, 1.54) is 0 Å². The Hall–Kier alpha value is 5.34.